The summed E-state index contributed by atoms with van der Waals surface area (Å²) in [5.41, 5.74) is 6.01. The number of amides is 1. The van der Waals surface area contributed by atoms with E-state index in [9.17, 15) is 4.79 Å². The van der Waals surface area contributed by atoms with Crippen LogP contribution in [0.4, 0.5) is 0 Å². The maximum Gasteiger partial charge on any atom is 0.223 e. The number of carbonyl (C=O) groups is 1. The third-order valence-corrected chi connectivity index (χ3v) is 6.99. The van der Waals surface area contributed by atoms with E-state index in [0.29, 0.717) is 17.5 Å². The highest BCUT2D eigenvalue weighted by molar-refractivity contribution is 6.31. The van der Waals surface area contributed by atoms with Crippen LogP contribution in [0, 0.1) is 5.92 Å². The zero-order chi connectivity index (χ0) is 24.5. The number of aromatic amines is 2. The lowest BCUT2D eigenvalue weighted by Crippen LogP contribution is -2.36. The zero-order valence-corrected chi connectivity index (χ0v) is 21.0. The molecule has 1 aliphatic heterocycles. The first-order valence-electron chi connectivity index (χ1n) is 12.2. The lowest BCUT2D eigenvalue weighted by Gasteiger charge is -2.28. The van der Waals surface area contributed by atoms with Crippen molar-refractivity contribution in [2.45, 2.75) is 52.1 Å². The van der Waals surface area contributed by atoms with Crippen molar-refractivity contribution >= 4 is 17.5 Å². The average molecular weight is 488 g/mol. The highest BCUT2D eigenvalue weighted by Crippen LogP contribution is 2.38. The standard InChI is InChI=1S/C28H30ClN5O/c1-17(2)14-25(35)34-18(3)4-13-24(34)28-32-26(27(29)33-28)22-11-7-20(8-12-22)19-5-9-21(10-6-19)23-15-30-16-31-23/h5-12,15-18,24H,4,13-14H2,1-3H3,(H,30,31)(H,32,33)/t18-,24-/m0/s1. The van der Waals surface area contributed by atoms with Crippen LogP contribution in [-0.2, 0) is 4.79 Å². The molecule has 1 saturated heterocycles. The maximum atomic E-state index is 12.9. The second kappa shape index (κ2) is 9.70. The van der Waals surface area contributed by atoms with E-state index in [1.165, 1.54) is 0 Å². The summed E-state index contributed by atoms with van der Waals surface area (Å²) in [5.74, 6) is 1.28. The summed E-state index contributed by atoms with van der Waals surface area (Å²) in [4.78, 5) is 30.2. The van der Waals surface area contributed by atoms with E-state index in [1.54, 1.807) is 6.33 Å². The van der Waals surface area contributed by atoms with Crippen molar-refractivity contribution in [3.8, 4) is 33.6 Å². The summed E-state index contributed by atoms with van der Waals surface area (Å²) in [6.07, 6.45) is 5.91. The number of benzene rings is 2. The number of carbonyl (C=O) groups excluding carboxylic acids is 1. The number of halogens is 1. The van der Waals surface area contributed by atoms with E-state index in [4.69, 9.17) is 16.6 Å². The van der Waals surface area contributed by atoms with Crippen LogP contribution in [0.25, 0.3) is 33.6 Å². The van der Waals surface area contributed by atoms with Crippen molar-refractivity contribution in [2.75, 3.05) is 0 Å². The average Bonchev–Trinajstić information content (AvgIpc) is 3.59. The van der Waals surface area contributed by atoms with E-state index in [2.05, 4.69) is 72.1 Å². The molecule has 2 aromatic carbocycles. The highest BCUT2D eigenvalue weighted by atomic mass is 35.5. The monoisotopic (exact) mass is 487 g/mol. The highest BCUT2D eigenvalue weighted by Gasteiger charge is 2.37. The van der Waals surface area contributed by atoms with Gasteiger partial charge in [0.05, 0.1) is 24.3 Å². The molecule has 0 spiro atoms. The molecule has 7 heteroatoms. The Kier molecular flexibility index (Phi) is 6.48. The van der Waals surface area contributed by atoms with Gasteiger partial charge >= 0.3 is 0 Å². The predicted octanol–water partition coefficient (Wildman–Crippen LogP) is 6.89. The largest absolute Gasteiger partial charge is 0.345 e. The Hall–Kier alpha value is -3.38. The third kappa shape index (κ3) is 4.76. The third-order valence-electron chi connectivity index (χ3n) is 6.72. The Bertz CT molecular complexity index is 1290. The minimum atomic E-state index is -0.0600. The number of hydrogen-bond donors (Lipinski definition) is 2. The minimum absolute atomic E-state index is 0.0600. The lowest BCUT2D eigenvalue weighted by molar-refractivity contribution is -0.134. The molecule has 1 aliphatic rings. The van der Waals surface area contributed by atoms with Gasteiger partial charge in [-0.05, 0) is 42.4 Å². The molecule has 0 radical (unpaired) electrons. The van der Waals surface area contributed by atoms with Crippen LogP contribution in [0.2, 0.25) is 5.15 Å². The second-order valence-electron chi connectivity index (χ2n) is 9.75. The second-order valence-corrected chi connectivity index (χ2v) is 10.1. The molecule has 5 rings (SSSR count). The van der Waals surface area contributed by atoms with Gasteiger partial charge in [0.15, 0.2) is 0 Å². The van der Waals surface area contributed by atoms with Gasteiger partial charge in [-0.3, -0.25) is 4.79 Å². The predicted molar refractivity (Wildman–Crippen MR) is 140 cm³/mol. The van der Waals surface area contributed by atoms with E-state index in [1.807, 2.05) is 23.2 Å². The van der Waals surface area contributed by atoms with Crippen molar-refractivity contribution in [1.82, 2.24) is 24.8 Å². The van der Waals surface area contributed by atoms with Crippen molar-refractivity contribution in [3.05, 3.63) is 72.0 Å². The number of H-pyrrole nitrogens is 2. The molecule has 2 aromatic heterocycles. The van der Waals surface area contributed by atoms with Crippen LogP contribution in [0.5, 0.6) is 0 Å². The molecule has 3 heterocycles. The van der Waals surface area contributed by atoms with Gasteiger partial charge in [-0.15, -0.1) is 0 Å². The van der Waals surface area contributed by atoms with Gasteiger partial charge in [0.2, 0.25) is 5.91 Å². The van der Waals surface area contributed by atoms with Gasteiger partial charge < -0.3 is 14.9 Å². The van der Waals surface area contributed by atoms with Crippen LogP contribution in [-0.4, -0.2) is 36.8 Å². The molecule has 0 saturated carbocycles. The minimum Gasteiger partial charge on any atom is -0.345 e. The first-order valence-corrected chi connectivity index (χ1v) is 12.5. The van der Waals surface area contributed by atoms with Gasteiger partial charge in [0.1, 0.15) is 16.7 Å². The van der Waals surface area contributed by atoms with Gasteiger partial charge in [-0.25, -0.2) is 9.97 Å². The van der Waals surface area contributed by atoms with E-state index >= 15 is 0 Å². The first-order chi connectivity index (χ1) is 16.9. The van der Waals surface area contributed by atoms with Crippen LogP contribution >= 0.6 is 11.6 Å². The number of hydrogen-bond acceptors (Lipinski definition) is 3. The topological polar surface area (TPSA) is 77.7 Å². The van der Waals surface area contributed by atoms with E-state index in [0.717, 1.165) is 52.3 Å². The molecule has 1 fully saturated rings. The normalized spacial score (nSPS) is 17.9. The van der Waals surface area contributed by atoms with Gasteiger partial charge in [-0.1, -0.05) is 74.0 Å². The van der Waals surface area contributed by atoms with Crippen LogP contribution < -0.4 is 0 Å². The fourth-order valence-corrected chi connectivity index (χ4v) is 5.17. The number of nitrogens with zero attached hydrogens (tertiary/aromatic N) is 3. The Labute approximate surface area is 210 Å². The molecular weight excluding hydrogens is 458 g/mol. The van der Waals surface area contributed by atoms with Crippen molar-refractivity contribution in [1.29, 1.82) is 0 Å². The Balaban J connectivity index is 1.36. The van der Waals surface area contributed by atoms with Gasteiger partial charge in [0.25, 0.3) is 0 Å². The first kappa shape index (κ1) is 23.4. The number of imidazole rings is 2. The molecule has 1 amide bonds. The quantitative estimate of drug-likeness (QED) is 0.311. The molecule has 0 aliphatic carbocycles. The molecule has 2 N–H and O–H groups in total. The summed E-state index contributed by atoms with van der Waals surface area (Å²) < 4.78 is 0. The molecule has 0 unspecified atom stereocenters. The van der Waals surface area contributed by atoms with E-state index < -0.39 is 0 Å². The Morgan fingerprint density at radius 1 is 1.03 bits per heavy atom. The van der Waals surface area contributed by atoms with Gasteiger partial charge in [0, 0.05) is 18.0 Å². The van der Waals surface area contributed by atoms with E-state index in [-0.39, 0.29) is 18.0 Å². The van der Waals surface area contributed by atoms with Crippen molar-refractivity contribution < 1.29 is 4.79 Å². The number of likely N-dealkylation sites (tertiary alicyclic amines) is 1. The molecular formula is C28H30ClN5O. The number of aromatic nitrogens is 4. The van der Waals surface area contributed by atoms with Crippen LogP contribution in [0.1, 0.15) is 51.9 Å². The van der Waals surface area contributed by atoms with Crippen LogP contribution in [0.15, 0.2) is 61.1 Å². The molecule has 0 bridgehead atoms. The number of nitrogens with one attached hydrogen (secondary N) is 2. The maximum absolute atomic E-state index is 12.9. The summed E-state index contributed by atoms with van der Waals surface area (Å²) >= 11 is 6.60. The summed E-state index contributed by atoms with van der Waals surface area (Å²) in [5, 5.41) is 0.507. The fourth-order valence-electron chi connectivity index (χ4n) is 4.92. The van der Waals surface area contributed by atoms with Crippen molar-refractivity contribution in [2.24, 2.45) is 5.92 Å². The van der Waals surface area contributed by atoms with Crippen LogP contribution in [0.3, 0.4) is 0 Å². The summed E-state index contributed by atoms with van der Waals surface area (Å²) in [6.45, 7) is 6.27. The summed E-state index contributed by atoms with van der Waals surface area (Å²) in [7, 11) is 0. The van der Waals surface area contributed by atoms with Gasteiger partial charge in [-0.2, -0.15) is 0 Å². The molecule has 2 atom stereocenters. The molecule has 4 aromatic rings. The van der Waals surface area contributed by atoms with Crippen molar-refractivity contribution in [3.63, 3.8) is 0 Å². The SMILES string of the molecule is CC(C)CC(=O)N1[C@@H](C)CC[C@H]1c1nc(-c2ccc(-c3ccc(-c4cnc[nH]4)cc3)cc2)c(Cl)[nH]1. The smallest absolute Gasteiger partial charge is 0.223 e. The summed E-state index contributed by atoms with van der Waals surface area (Å²) in [6, 6.07) is 16.8. The number of rotatable bonds is 6. The fraction of sp³-hybridized carbons (Fsp3) is 0.321. The molecule has 180 valence electrons. The Morgan fingerprint density at radius 3 is 2.26 bits per heavy atom. The lowest BCUT2D eigenvalue weighted by atomic mass is 10.0. The molecule has 6 nitrogen and oxygen atoms in total. The molecule has 35 heavy (non-hydrogen) atoms. The Morgan fingerprint density at radius 2 is 1.66 bits per heavy atom. The zero-order valence-electron chi connectivity index (χ0n) is 20.3.